The maximum Gasteiger partial charge on any atom is 0.0991 e. The van der Waals surface area contributed by atoms with Gasteiger partial charge in [0.1, 0.15) is 0 Å². The monoisotopic (exact) mass is 438 g/mol. The summed E-state index contributed by atoms with van der Waals surface area (Å²) in [6.07, 6.45) is 0.772. The molecule has 0 aliphatic rings. The molecule has 0 amide bonds. The number of benzene rings is 3. The van der Waals surface area contributed by atoms with Gasteiger partial charge in [-0.05, 0) is 66.4 Å². The fraction of sp³-hybridized carbons (Fsp3) is 0.222. The molecule has 1 N–H and O–H groups in total. The van der Waals surface area contributed by atoms with Crippen molar-refractivity contribution in [2.75, 3.05) is 6.54 Å². The Labute approximate surface area is 194 Å². The van der Waals surface area contributed by atoms with Crippen molar-refractivity contribution in [3.63, 3.8) is 0 Å². The molecule has 0 aliphatic carbocycles. The second kappa shape index (κ2) is 11.1. The Hall–Kier alpha value is -3.62. The highest BCUT2D eigenvalue weighted by atomic mass is 35.5. The Bertz CT molecular complexity index is 1160. The van der Waals surface area contributed by atoms with E-state index in [2.05, 4.69) is 30.4 Å². The van der Waals surface area contributed by atoms with Crippen LogP contribution in [0.2, 0.25) is 5.02 Å². The molecule has 0 spiro atoms. The fourth-order valence-corrected chi connectivity index (χ4v) is 3.90. The molecule has 3 rings (SSSR count). The summed E-state index contributed by atoms with van der Waals surface area (Å²) in [5, 5.41) is 32.3. The van der Waals surface area contributed by atoms with Crippen LogP contribution in [0.3, 0.4) is 0 Å². The Morgan fingerprint density at radius 1 is 0.844 bits per heavy atom. The van der Waals surface area contributed by atoms with Gasteiger partial charge in [-0.3, -0.25) is 0 Å². The first-order chi connectivity index (χ1) is 15.5. The van der Waals surface area contributed by atoms with Crippen LogP contribution in [0.15, 0.2) is 72.8 Å². The first kappa shape index (κ1) is 23.1. The lowest BCUT2D eigenvalue weighted by Crippen LogP contribution is -2.36. The van der Waals surface area contributed by atoms with Gasteiger partial charge in [0.2, 0.25) is 0 Å². The molecular formula is C27H23ClN4. The third-order valence-corrected chi connectivity index (χ3v) is 5.91. The Morgan fingerprint density at radius 2 is 1.53 bits per heavy atom. The minimum atomic E-state index is -0.327. The molecule has 0 heterocycles. The maximum absolute atomic E-state index is 9.70. The van der Waals surface area contributed by atoms with Gasteiger partial charge in [0, 0.05) is 23.5 Å². The Kier molecular flexibility index (Phi) is 8.02. The highest BCUT2D eigenvalue weighted by Crippen LogP contribution is 2.27. The molecular weight excluding hydrogens is 416 g/mol. The van der Waals surface area contributed by atoms with Crippen molar-refractivity contribution in [1.29, 1.82) is 15.8 Å². The van der Waals surface area contributed by atoms with Crippen molar-refractivity contribution in [3.8, 4) is 18.2 Å². The lowest BCUT2D eigenvalue weighted by molar-refractivity contribution is 0.451. The Balaban J connectivity index is 1.79. The van der Waals surface area contributed by atoms with Crippen LogP contribution in [0.4, 0.5) is 0 Å². The fourth-order valence-electron chi connectivity index (χ4n) is 3.77. The Morgan fingerprint density at radius 3 is 2.16 bits per heavy atom. The third kappa shape index (κ3) is 5.96. The second-order valence-corrected chi connectivity index (χ2v) is 8.22. The van der Waals surface area contributed by atoms with Crippen molar-refractivity contribution >= 4 is 11.6 Å². The van der Waals surface area contributed by atoms with E-state index in [1.807, 2.05) is 54.6 Å². The molecule has 1 unspecified atom stereocenters. The van der Waals surface area contributed by atoms with E-state index in [-0.39, 0.29) is 17.9 Å². The molecule has 0 aliphatic heterocycles. The van der Waals surface area contributed by atoms with Crippen LogP contribution < -0.4 is 5.32 Å². The molecule has 3 atom stereocenters. The van der Waals surface area contributed by atoms with E-state index >= 15 is 0 Å². The van der Waals surface area contributed by atoms with Gasteiger partial charge >= 0.3 is 0 Å². The summed E-state index contributed by atoms with van der Waals surface area (Å²) >= 11 is 6.05. The van der Waals surface area contributed by atoms with Crippen LogP contribution in [-0.2, 0) is 6.42 Å². The van der Waals surface area contributed by atoms with Crippen LogP contribution in [0, 0.1) is 34.0 Å². The highest BCUT2D eigenvalue weighted by Gasteiger charge is 2.22. The maximum atomic E-state index is 9.70. The van der Waals surface area contributed by atoms with Crippen LogP contribution >= 0.6 is 11.6 Å². The molecule has 0 saturated carbocycles. The third-order valence-electron chi connectivity index (χ3n) is 5.66. The number of nitrogens with one attached hydrogen (secondary N) is 1. The first-order valence-electron chi connectivity index (χ1n) is 10.4. The van der Waals surface area contributed by atoms with Gasteiger partial charge in [0.05, 0.1) is 35.3 Å². The van der Waals surface area contributed by atoms with Crippen molar-refractivity contribution < 1.29 is 0 Å². The van der Waals surface area contributed by atoms with Gasteiger partial charge in [-0.2, -0.15) is 15.8 Å². The van der Waals surface area contributed by atoms with E-state index in [4.69, 9.17) is 16.9 Å². The molecule has 3 aromatic carbocycles. The van der Waals surface area contributed by atoms with E-state index < -0.39 is 0 Å². The first-order valence-corrected chi connectivity index (χ1v) is 10.8. The average molecular weight is 439 g/mol. The average Bonchev–Trinajstić information content (AvgIpc) is 2.84. The molecule has 32 heavy (non-hydrogen) atoms. The van der Waals surface area contributed by atoms with Crippen LogP contribution in [0.5, 0.6) is 0 Å². The summed E-state index contributed by atoms with van der Waals surface area (Å²) in [5.41, 5.74) is 4.31. The number of hydrogen-bond acceptors (Lipinski definition) is 4. The van der Waals surface area contributed by atoms with Gasteiger partial charge in [0.15, 0.2) is 0 Å². The van der Waals surface area contributed by atoms with Crippen molar-refractivity contribution in [1.82, 2.24) is 5.32 Å². The van der Waals surface area contributed by atoms with E-state index in [1.165, 1.54) is 0 Å². The largest absolute Gasteiger partial charge is 0.312 e. The lowest BCUT2D eigenvalue weighted by Gasteiger charge is -2.27. The van der Waals surface area contributed by atoms with E-state index in [0.29, 0.717) is 22.7 Å². The second-order valence-electron chi connectivity index (χ2n) is 7.79. The minimum absolute atomic E-state index is 0.0499. The highest BCUT2D eigenvalue weighted by molar-refractivity contribution is 6.30. The molecule has 0 bridgehead atoms. The van der Waals surface area contributed by atoms with Crippen LogP contribution in [0.25, 0.3) is 0 Å². The van der Waals surface area contributed by atoms with Gasteiger partial charge in [0.25, 0.3) is 0 Å². The van der Waals surface area contributed by atoms with E-state index in [0.717, 1.165) is 23.1 Å². The van der Waals surface area contributed by atoms with Gasteiger partial charge in [-0.25, -0.2) is 0 Å². The number of rotatable bonds is 8. The predicted octanol–water partition coefficient (Wildman–Crippen LogP) is 5.70. The van der Waals surface area contributed by atoms with E-state index in [1.54, 1.807) is 18.2 Å². The van der Waals surface area contributed by atoms with Crippen molar-refractivity contribution in [2.24, 2.45) is 0 Å². The van der Waals surface area contributed by atoms with Gasteiger partial charge < -0.3 is 5.32 Å². The van der Waals surface area contributed by atoms with Crippen molar-refractivity contribution in [2.45, 2.75) is 31.2 Å². The number of halogens is 1. The molecule has 0 saturated heterocycles. The standard InChI is InChI=1S/C27H23ClN4/c1-19(32-18-25(17-31)23-9-5-21(15-29)6-10-23)27(14-20-7-11-26(28)12-8-20)24-4-2-3-22(13-24)16-30/h2-13,19,25,27,32H,14,18H2,1H3/t19-,25?,27+/m0/s1. The molecule has 5 heteroatoms. The van der Waals surface area contributed by atoms with Gasteiger partial charge in [-0.1, -0.05) is 48.0 Å². The van der Waals surface area contributed by atoms with Crippen LogP contribution in [0.1, 0.15) is 46.6 Å². The summed E-state index contributed by atoms with van der Waals surface area (Å²) in [6.45, 7) is 2.59. The summed E-state index contributed by atoms with van der Waals surface area (Å²) in [7, 11) is 0. The number of hydrogen-bond donors (Lipinski definition) is 1. The predicted molar refractivity (Wildman–Crippen MR) is 126 cm³/mol. The zero-order chi connectivity index (χ0) is 22.9. The smallest absolute Gasteiger partial charge is 0.0991 e. The normalized spacial score (nSPS) is 13.2. The quantitative estimate of drug-likeness (QED) is 0.489. The van der Waals surface area contributed by atoms with E-state index in [9.17, 15) is 10.5 Å². The molecule has 158 valence electrons. The van der Waals surface area contributed by atoms with Gasteiger partial charge in [-0.15, -0.1) is 0 Å². The molecule has 4 nitrogen and oxygen atoms in total. The summed E-state index contributed by atoms with van der Waals surface area (Å²) in [6, 6.07) is 29.4. The molecule has 3 aromatic rings. The summed E-state index contributed by atoms with van der Waals surface area (Å²) < 4.78 is 0. The zero-order valence-corrected chi connectivity index (χ0v) is 18.6. The number of nitriles is 3. The summed E-state index contributed by atoms with van der Waals surface area (Å²) in [5.74, 6) is -0.225. The summed E-state index contributed by atoms with van der Waals surface area (Å²) in [4.78, 5) is 0. The zero-order valence-electron chi connectivity index (χ0n) is 17.8. The number of nitrogens with zero attached hydrogens (tertiary/aromatic N) is 3. The van der Waals surface area contributed by atoms with Crippen molar-refractivity contribution in [3.05, 3.63) is 106 Å². The lowest BCUT2D eigenvalue weighted by atomic mass is 9.85. The molecule has 0 aromatic heterocycles. The topological polar surface area (TPSA) is 83.4 Å². The minimum Gasteiger partial charge on any atom is -0.312 e. The van der Waals surface area contributed by atoms with Crippen LogP contribution in [-0.4, -0.2) is 12.6 Å². The molecule has 0 radical (unpaired) electrons. The molecule has 0 fully saturated rings. The SMILES string of the molecule is C[C@H](NCC(C#N)c1ccc(C#N)cc1)[C@@H](Cc1ccc(Cl)cc1)c1cccc(C#N)c1.